The van der Waals surface area contributed by atoms with Crippen molar-refractivity contribution in [3.05, 3.63) is 29.8 Å². The fourth-order valence-corrected chi connectivity index (χ4v) is 1.39. The van der Waals surface area contributed by atoms with Crippen molar-refractivity contribution in [2.45, 2.75) is 6.42 Å². The van der Waals surface area contributed by atoms with Crippen LogP contribution in [-0.4, -0.2) is 43.2 Å². The highest BCUT2D eigenvalue weighted by Gasteiger charge is 2.05. The molecule has 4 heteroatoms. The molecule has 2 N–H and O–H groups in total. The Morgan fingerprint density at radius 1 is 1.39 bits per heavy atom. The normalized spacial score (nSPS) is 9.78. The van der Waals surface area contributed by atoms with Crippen LogP contribution in [0.3, 0.4) is 0 Å². The molecule has 0 radical (unpaired) electrons. The Labute approximate surface area is 108 Å². The van der Waals surface area contributed by atoms with Gasteiger partial charge in [0.25, 0.3) is 0 Å². The first kappa shape index (κ1) is 14.2. The predicted molar refractivity (Wildman–Crippen MR) is 72.2 cm³/mol. The van der Waals surface area contributed by atoms with Crippen LogP contribution in [0.1, 0.15) is 12.0 Å². The summed E-state index contributed by atoms with van der Waals surface area (Å²) in [5, 5.41) is 11.5. The van der Waals surface area contributed by atoms with Crippen molar-refractivity contribution in [1.29, 1.82) is 0 Å². The van der Waals surface area contributed by atoms with Gasteiger partial charge in [0.2, 0.25) is 5.91 Å². The smallest absolute Gasteiger partial charge is 0.238 e. The van der Waals surface area contributed by atoms with Gasteiger partial charge in [0.15, 0.2) is 0 Å². The predicted octanol–water partition coefficient (Wildman–Crippen LogP) is 0.921. The summed E-state index contributed by atoms with van der Waals surface area (Å²) in [6, 6.07) is 7.37. The average molecular weight is 246 g/mol. The molecule has 4 nitrogen and oxygen atoms in total. The van der Waals surface area contributed by atoms with Gasteiger partial charge in [-0.3, -0.25) is 4.79 Å². The molecule has 0 heterocycles. The maximum absolute atomic E-state index is 11.7. The zero-order chi connectivity index (χ0) is 13.4. The summed E-state index contributed by atoms with van der Waals surface area (Å²) in [4.78, 5) is 13.5. The van der Waals surface area contributed by atoms with Gasteiger partial charge in [-0.25, -0.2) is 0 Å². The lowest BCUT2D eigenvalue weighted by molar-refractivity contribution is -0.116. The number of hydrogen-bond acceptors (Lipinski definition) is 3. The van der Waals surface area contributed by atoms with Crippen LogP contribution >= 0.6 is 0 Å². The number of amides is 1. The van der Waals surface area contributed by atoms with Crippen LogP contribution in [0.15, 0.2) is 24.3 Å². The molecule has 0 aliphatic carbocycles. The van der Waals surface area contributed by atoms with Crippen LogP contribution in [-0.2, 0) is 4.79 Å². The van der Waals surface area contributed by atoms with Crippen LogP contribution in [0.25, 0.3) is 0 Å². The maximum atomic E-state index is 11.7. The number of para-hydroxylation sites is 1. The molecule has 0 saturated heterocycles. The molecule has 0 aromatic heterocycles. The van der Waals surface area contributed by atoms with E-state index in [-0.39, 0.29) is 12.5 Å². The Hall–Kier alpha value is -1.83. The Kier molecular flexibility index (Phi) is 5.92. The number of hydrogen-bond donors (Lipinski definition) is 2. The lowest BCUT2D eigenvalue weighted by atomic mass is 10.1. The van der Waals surface area contributed by atoms with Gasteiger partial charge >= 0.3 is 0 Å². The van der Waals surface area contributed by atoms with Gasteiger partial charge < -0.3 is 15.3 Å². The minimum atomic E-state index is -0.0728. The molecule has 1 aromatic rings. The van der Waals surface area contributed by atoms with E-state index in [9.17, 15) is 4.79 Å². The average Bonchev–Trinajstić information content (AvgIpc) is 2.30. The van der Waals surface area contributed by atoms with E-state index in [1.54, 1.807) is 4.90 Å². The molecule has 0 saturated carbocycles. The maximum Gasteiger partial charge on any atom is 0.238 e. The van der Waals surface area contributed by atoms with Crippen molar-refractivity contribution in [2.75, 3.05) is 32.6 Å². The van der Waals surface area contributed by atoms with Crippen molar-refractivity contribution in [3.63, 3.8) is 0 Å². The van der Waals surface area contributed by atoms with E-state index in [1.807, 2.05) is 38.4 Å². The zero-order valence-corrected chi connectivity index (χ0v) is 10.7. The second-order valence-corrected chi connectivity index (χ2v) is 4.11. The van der Waals surface area contributed by atoms with E-state index < -0.39 is 0 Å². The molecule has 0 fully saturated rings. The SMILES string of the molecule is CN(C)CC(=O)Nc1ccccc1C#CCCO. The fraction of sp³-hybridized carbons (Fsp3) is 0.357. The molecule has 0 aliphatic heterocycles. The lowest BCUT2D eigenvalue weighted by Gasteiger charge is -2.11. The molecule has 1 amide bonds. The van der Waals surface area contributed by atoms with Gasteiger partial charge in [-0.05, 0) is 26.2 Å². The van der Waals surface area contributed by atoms with E-state index in [2.05, 4.69) is 17.2 Å². The summed E-state index contributed by atoms with van der Waals surface area (Å²) in [6.45, 7) is 0.376. The minimum Gasteiger partial charge on any atom is -0.395 e. The number of carbonyl (C=O) groups is 1. The van der Waals surface area contributed by atoms with E-state index in [0.29, 0.717) is 18.7 Å². The van der Waals surface area contributed by atoms with Gasteiger partial charge in [0.1, 0.15) is 0 Å². The van der Waals surface area contributed by atoms with E-state index >= 15 is 0 Å². The van der Waals surface area contributed by atoms with Crippen molar-refractivity contribution in [3.8, 4) is 11.8 Å². The third-order valence-electron chi connectivity index (χ3n) is 2.12. The summed E-state index contributed by atoms with van der Waals surface area (Å²) in [5.41, 5.74) is 1.47. The molecule has 1 aromatic carbocycles. The molecule has 0 unspecified atom stereocenters. The number of aliphatic hydroxyl groups excluding tert-OH is 1. The van der Waals surface area contributed by atoms with Gasteiger partial charge in [-0.15, -0.1) is 0 Å². The molecular weight excluding hydrogens is 228 g/mol. The molecule has 0 aliphatic rings. The van der Waals surface area contributed by atoms with Gasteiger partial charge in [0, 0.05) is 12.0 Å². The molecule has 1 rings (SSSR count). The number of aliphatic hydroxyl groups is 1. The zero-order valence-electron chi connectivity index (χ0n) is 10.7. The molecule has 0 atom stereocenters. The first-order valence-corrected chi connectivity index (χ1v) is 5.77. The fourth-order valence-electron chi connectivity index (χ4n) is 1.39. The third kappa shape index (κ3) is 5.00. The van der Waals surface area contributed by atoms with Crippen molar-refractivity contribution in [2.24, 2.45) is 0 Å². The summed E-state index contributed by atoms with van der Waals surface area (Å²) < 4.78 is 0. The highest BCUT2D eigenvalue weighted by atomic mass is 16.2. The van der Waals surface area contributed by atoms with E-state index in [4.69, 9.17) is 5.11 Å². The largest absolute Gasteiger partial charge is 0.395 e. The highest BCUT2D eigenvalue weighted by molar-refractivity contribution is 5.93. The molecule has 0 bridgehead atoms. The number of likely N-dealkylation sites (N-methyl/N-ethyl adjacent to an activating group) is 1. The highest BCUT2D eigenvalue weighted by Crippen LogP contribution is 2.13. The van der Waals surface area contributed by atoms with Crippen LogP contribution in [0.5, 0.6) is 0 Å². The Morgan fingerprint density at radius 3 is 2.78 bits per heavy atom. The Balaban J connectivity index is 2.77. The summed E-state index contributed by atoms with van der Waals surface area (Å²) in [7, 11) is 3.68. The number of rotatable bonds is 4. The summed E-state index contributed by atoms with van der Waals surface area (Å²) >= 11 is 0. The van der Waals surface area contributed by atoms with Crippen LogP contribution in [0.2, 0.25) is 0 Å². The molecular formula is C14H18N2O2. The number of benzene rings is 1. The quantitative estimate of drug-likeness (QED) is 0.777. The second-order valence-electron chi connectivity index (χ2n) is 4.11. The second kappa shape index (κ2) is 7.49. The van der Waals surface area contributed by atoms with Crippen molar-refractivity contribution >= 4 is 11.6 Å². The van der Waals surface area contributed by atoms with Gasteiger partial charge in [-0.2, -0.15) is 0 Å². The van der Waals surface area contributed by atoms with Crippen LogP contribution < -0.4 is 5.32 Å². The minimum absolute atomic E-state index is 0.0438. The third-order valence-corrected chi connectivity index (χ3v) is 2.12. The van der Waals surface area contributed by atoms with Gasteiger partial charge in [0.05, 0.1) is 18.8 Å². The first-order valence-electron chi connectivity index (χ1n) is 5.77. The Bertz CT molecular complexity index is 458. The lowest BCUT2D eigenvalue weighted by Crippen LogP contribution is -2.27. The standard InChI is InChI=1S/C14H18N2O2/c1-16(2)11-14(18)15-13-9-4-3-7-12(13)8-5-6-10-17/h3-4,7,9,17H,6,10-11H2,1-2H3,(H,15,18). The molecule has 18 heavy (non-hydrogen) atoms. The topological polar surface area (TPSA) is 52.6 Å². The number of nitrogens with one attached hydrogen (secondary N) is 1. The number of carbonyl (C=O) groups excluding carboxylic acids is 1. The van der Waals surface area contributed by atoms with Crippen LogP contribution in [0.4, 0.5) is 5.69 Å². The van der Waals surface area contributed by atoms with E-state index in [0.717, 1.165) is 5.56 Å². The molecule has 96 valence electrons. The number of nitrogens with zero attached hydrogens (tertiary/aromatic N) is 1. The van der Waals surface area contributed by atoms with Gasteiger partial charge in [-0.1, -0.05) is 24.0 Å². The first-order chi connectivity index (χ1) is 8.63. The van der Waals surface area contributed by atoms with Crippen molar-refractivity contribution in [1.82, 2.24) is 4.90 Å². The Morgan fingerprint density at radius 2 is 2.11 bits per heavy atom. The van der Waals surface area contributed by atoms with E-state index in [1.165, 1.54) is 0 Å². The van der Waals surface area contributed by atoms with Crippen molar-refractivity contribution < 1.29 is 9.90 Å². The monoisotopic (exact) mass is 246 g/mol. The molecule has 0 spiro atoms. The van der Waals surface area contributed by atoms with Crippen LogP contribution in [0, 0.1) is 11.8 Å². The summed E-state index contributed by atoms with van der Waals surface area (Å²) in [5.74, 6) is 5.71. The summed E-state index contributed by atoms with van der Waals surface area (Å²) in [6.07, 6.45) is 0.431. The number of anilines is 1.